The van der Waals surface area contributed by atoms with Crippen molar-refractivity contribution >= 4 is 6.21 Å². The largest absolute Gasteiger partial charge is 0.302 e. The van der Waals surface area contributed by atoms with Gasteiger partial charge in [-0.3, -0.25) is 0 Å². The monoisotopic (exact) mass is 281 g/mol. The van der Waals surface area contributed by atoms with E-state index in [4.69, 9.17) is 0 Å². The Balaban J connectivity index is 4.33. The van der Waals surface area contributed by atoms with Gasteiger partial charge < -0.3 is 4.90 Å². The first-order chi connectivity index (χ1) is 8.98. The van der Waals surface area contributed by atoms with Gasteiger partial charge in [0.05, 0.1) is 0 Å². The summed E-state index contributed by atoms with van der Waals surface area (Å²) in [6.07, 6.45) is 7.82. The van der Waals surface area contributed by atoms with Gasteiger partial charge in [0.2, 0.25) is 0 Å². The summed E-state index contributed by atoms with van der Waals surface area (Å²) >= 11 is 0. The Hall–Kier alpha value is -0.630. The van der Waals surface area contributed by atoms with Crippen LogP contribution in [0.15, 0.2) is 12.2 Å². The van der Waals surface area contributed by atoms with Crippen LogP contribution in [0.2, 0.25) is 0 Å². The van der Waals surface area contributed by atoms with E-state index in [-0.39, 0.29) is 5.54 Å². The average Bonchev–Trinajstić information content (AvgIpc) is 2.28. The van der Waals surface area contributed by atoms with Crippen LogP contribution in [0.3, 0.4) is 0 Å². The van der Waals surface area contributed by atoms with Crippen molar-refractivity contribution in [3.05, 3.63) is 12.2 Å². The van der Waals surface area contributed by atoms with Gasteiger partial charge in [0.15, 0.2) is 11.8 Å². The van der Waals surface area contributed by atoms with Crippen molar-refractivity contribution in [3.63, 3.8) is 0 Å². The second-order valence-electron chi connectivity index (χ2n) is 8.05. The normalized spacial score (nSPS) is 16.2. The van der Waals surface area contributed by atoms with Gasteiger partial charge in [-0.1, -0.05) is 40.2 Å². The first-order valence-electron chi connectivity index (χ1n) is 7.90. The van der Waals surface area contributed by atoms with Crippen LogP contribution in [0.5, 0.6) is 0 Å². The fourth-order valence-corrected chi connectivity index (χ4v) is 2.12. The minimum Gasteiger partial charge on any atom is -0.302 e. The molecule has 0 radical (unpaired) electrons. The molecule has 0 heterocycles. The van der Waals surface area contributed by atoms with Gasteiger partial charge in [-0.05, 0) is 45.2 Å². The molecule has 0 N–H and O–H groups in total. The minimum atomic E-state index is 0.190. The van der Waals surface area contributed by atoms with Gasteiger partial charge >= 0.3 is 0 Å². The standard InChI is InChI=1S/C18H37N2/c1-10-16(17(2,3)4)15-19(8)13-11-12-14-20(9)18(5,6)7/h11-12,14,16H,10,13,15H2,1-9H3/q+1. The molecule has 0 saturated carbocycles. The number of likely N-dealkylation sites (N-methyl/N-ethyl adjacent to an activating group) is 1. The first kappa shape index (κ1) is 19.4. The molecule has 1 unspecified atom stereocenters. The number of hydrogen-bond acceptors (Lipinski definition) is 1. The highest BCUT2D eigenvalue weighted by atomic mass is 15.1. The number of allylic oxidation sites excluding steroid dienone is 1. The van der Waals surface area contributed by atoms with E-state index in [9.17, 15) is 0 Å². The van der Waals surface area contributed by atoms with Crippen LogP contribution in [-0.2, 0) is 0 Å². The maximum atomic E-state index is 2.42. The summed E-state index contributed by atoms with van der Waals surface area (Å²) in [5.41, 5.74) is 0.584. The maximum Gasteiger partial charge on any atom is 0.163 e. The third-order valence-corrected chi connectivity index (χ3v) is 4.17. The van der Waals surface area contributed by atoms with Gasteiger partial charge in [0, 0.05) is 13.1 Å². The van der Waals surface area contributed by atoms with Crippen molar-refractivity contribution in [2.75, 3.05) is 27.2 Å². The number of rotatable bonds is 6. The molecule has 0 saturated heterocycles. The molecular formula is C18H37N2+. The van der Waals surface area contributed by atoms with Crippen LogP contribution < -0.4 is 0 Å². The van der Waals surface area contributed by atoms with E-state index in [0.29, 0.717) is 5.41 Å². The van der Waals surface area contributed by atoms with Crippen LogP contribution in [0.1, 0.15) is 54.9 Å². The fourth-order valence-electron chi connectivity index (χ4n) is 2.12. The smallest absolute Gasteiger partial charge is 0.163 e. The summed E-state index contributed by atoms with van der Waals surface area (Å²) in [4.78, 5) is 2.42. The van der Waals surface area contributed by atoms with Crippen molar-refractivity contribution in [1.82, 2.24) is 4.90 Å². The molecular weight excluding hydrogens is 244 g/mol. The minimum absolute atomic E-state index is 0.190. The molecule has 0 amide bonds. The van der Waals surface area contributed by atoms with Gasteiger partial charge in [0.1, 0.15) is 7.05 Å². The van der Waals surface area contributed by atoms with Gasteiger partial charge in [-0.2, -0.15) is 0 Å². The summed E-state index contributed by atoms with van der Waals surface area (Å²) in [6.45, 7) is 18.2. The Kier molecular flexibility index (Phi) is 7.72. The third kappa shape index (κ3) is 7.84. The van der Waals surface area contributed by atoms with E-state index >= 15 is 0 Å². The van der Waals surface area contributed by atoms with Crippen LogP contribution in [-0.4, -0.2) is 48.4 Å². The molecule has 0 aromatic heterocycles. The van der Waals surface area contributed by atoms with Gasteiger partial charge in [0.25, 0.3) is 0 Å². The number of hydrogen-bond donors (Lipinski definition) is 0. The molecule has 0 aliphatic carbocycles. The van der Waals surface area contributed by atoms with Crippen molar-refractivity contribution in [2.45, 2.75) is 60.4 Å². The Bertz CT molecular complexity index is 326. The molecule has 0 aromatic rings. The van der Waals surface area contributed by atoms with Gasteiger partial charge in [-0.15, -0.1) is 0 Å². The molecule has 0 bridgehead atoms. The van der Waals surface area contributed by atoms with Crippen LogP contribution in [0.4, 0.5) is 0 Å². The highest BCUT2D eigenvalue weighted by Crippen LogP contribution is 2.28. The second-order valence-corrected chi connectivity index (χ2v) is 8.05. The SMILES string of the molecule is CCC(CN(C)CC=CC=[N+](C)C(C)(C)C)C(C)(C)C. The van der Waals surface area contributed by atoms with E-state index in [0.717, 1.165) is 12.5 Å². The molecule has 0 spiro atoms. The molecule has 0 aromatic carbocycles. The lowest BCUT2D eigenvalue weighted by molar-refractivity contribution is -0.565. The third-order valence-electron chi connectivity index (χ3n) is 4.17. The van der Waals surface area contributed by atoms with E-state index in [1.54, 1.807) is 0 Å². The summed E-state index contributed by atoms with van der Waals surface area (Å²) in [5, 5.41) is 0. The predicted molar refractivity (Wildman–Crippen MR) is 91.9 cm³/mol. The maximum absolute atomic E-state index is 2.42. The Morgan fingerprint density at radius 1 is 1.10 bits per heavy atom. The van der Waals surface area contributed by atoms with Crippen molar-refractivity contribution in [3.8, 4) is 0 Å². The lowest BCUT2D eigenvalue weighted by Crippen LogP contribution is -2.33. The molecule has 2 nitrogen and oxygen atoms in total. The highest BCUT2D eigenvalue weighted by Gasteiger charge is 2.23. The Morgan fingerprint density at radius 2 is 1.65 bits per heavy atom. The Morgan fingerprint density at radius 3 is 2.05 bits per heavy atom. The molecule has 20 heavy (non-hydrogen) atoms. The molecule has 118 valence electrons. The topological polar surface area (TPSA) is 6.25 Å². The molecule has 0 rings (SSSR count). The highest BCUT2D eigenvalue weighted by molar-refractivity contribution is 5.66. The lowest BCUT2D eigenvalue weighted by atomic mass is 9.79. The van der Waals surface area contributed by atoms with E-state index in [1.165, 1.54) is 13.0 Å². The summed E-state index contributed by atoms with van der Waals surface area (Å²) < 4.78 is 2.24. The number of nitrogens with zero attached hydrogens (tertiary/aromatic N) is 2. The summed E-state index contributed by atoms with van der Waals surface area (Å²) in [6, 6.07) is 0. The zero-order valence-electron chi connectivity index (χ0n) is 15.3. The fraction of sp³-hybridized carbons (Fsp3) is 0.833. The second kappa shape index (κ2) is 7.97. The van der Waals surface area contributed by atoms with Crippen molar-refractivity contribution in [1.29, 1.82) is 0 Å². The zero-order valence-corrected chi connectivity index (χ0v) is 15.3. The van der Waals surface area contributed by atoms with Crippen molar-refractivity contribution in [2.24, 2.45) is 11.3 Å². The van der Waals surface area contributed by atoms with Crippen LogP contribution >= 0.6 is 0 Å². The van der Waals surface area contributed by atoms with E-state index in [2.05, 4.69) is 90.4 Å². The van der Waals surface area contributed by atoms with E-state index in [1.807, 2.05) is 0 Å². The summed E-state index contributed by atoms with van der Waals surface area (Å²) in [7, 11) is 4.34. The molecule has 2 heteroatoms. The Labute approximate surface area is 127 Å². The lowest BCUT2D eigenvalue weighted by Gasteiger charge is -2.33. The van der Waals surface area contributed by atoms with Crippen LogP contribution in [0, 0.1) is 11.3 Å². The quantitative estimate of drug-likeness (QED) is 0.526. The molecule has 0 aliphatic rings. The molecule has 1 atom stereocenters. The summed E-state index contributed by atoms with van der Waals surface area (Å²) in [5.74, 6) is 0.752. The molecule has 0 aliphatic heterocycles. The average molecular weight is 282 g/mol. The van der Waals surface area contributed by atoms with E-state index < -0.39 is 0 Å². The first-order valence-corrected chi connectivity index (χ1v) is 7.90. The zero-order chi connectivity index (χ0) is 16.0. The van der Waals surface area contributed by atoms with Crippen LogP contribution in [0.25, 0.3) is 0 Å². The molecule has 0 fully saturated rings. The predicted octanol–water partition coefficient (Wildman–Crippen LogP) is 4.06. The van der Waals surface area contributed by atoms with Crippen molar-refractivity contribution < 1.29 is 4.58 Å². The van der Waals surface area contributed by atoms with Gasteiger partial charge in [-0.25, -0.2) is 4.58 Å².